The Labute approximate surface area is 246 Å². The van der Waals surface area contributed by atoms with Crippen LogP contribution in [0, 0.1) is 0 Å². The first-order valence-electron chi connectivity index (χ1n) is 13.6. The quantitative estimate of drug-likeness (QED) is 0.304. The molecule has 11 heteroatoms. The lowest BCUT2D eigenvalue weighted by Crippen LogP contribution is -2.57. The number of amides is 2. The Hall–Kier alpha value is -5.42. The number of nitrogens with zero attached hydrogens (tertiary/aromatic N) is 1. The number of carbonyl (C=O) groups excluding carboxylic acids is 4. The van der Waals surface area contributed by atoms with Crippen LogP contribution in [0.1, 0.15) is 31.1 Å². The predicted octanol–water partition coefficient (Wildman–Crippen LogP) is 3.37. The molecule has 0 bridgehead atoms. The van der Waals surface area contributed by atoms with E-state index in [9.17, 15) is 19.2 Å². The first kappa shape index (κ1) is 27.7. The van der Waals surface area contributed by atoms with Gasteiger partial charge in [0.15, 0.2) is 18.4 Å². The van der Waals surface area contributed by atoms with Crippen molar-refractivity contribution in [3.05, 3.63) is 132 Å². The highest BCUT2D eigenvalue weighted by atomic mass is 16.7. The van der Waals surface area contributed by atoms with Gasteiger partial charge >= 0.3 is 23.9 Å². The summed E-state index contributed by atoms with van der Waals surface area (Å²) in [6, 6.07) is 24.4. The molecule has 1 fully saturated rings. The zero-order valence-electron chi connectivity index (χ0n) is 22.7. The van der Waals surface area contributed by atoms with Crippen LogP contribution in [0.4, 0.5) is 4.79 Å². The van der Waals surface area contributed by atoms with E-state index in [0.29, 0.717) is 5.56 Å². The lowest BCUT2D eigenvalue weighted by Gasteiger charge is -2.34. The molecule has 5 unspecified atom stereocenters. The summed E-state index contributed by atoms with van der Waals surface area (Å²) in [6.45, 7) is -0.355. The van der Waals surface area contributed by atoms with Gasteiger partial charge < -0.3 is 29.6 Å². The number of benzene rings is 3. The number of urea groups is 1. The zero-order chi connectivity index (χ0) is 29.8. The standard InChI is InChI=1S/C32H27N3O8/c36-29(20-10-4-1-5-11-20)40-19-24-25(42-30(37)21-12-6-2-7-13-21)26(43-31(38)22-14-8-3-9-15-22)28(41-24)35-18-23-16-17-33-27(23)34-32(35)39/h1-18,24-28,33H,19H2,(H,34,39). The molecule has 43 heavy (non-hydrogen) atoms. The molecular weight excluding hydrogens is 554 g/mol. The average molecular weight is 582 g/mol. The molecule has 3 aromatic carbocycles. The minimum atomic E-state index is -1.29. The Kier molecular flexibility index (Phi) is 7.88. The van der Waals surface area contributed by atoms with Crippen molar-refractivity contribution in [1.82, 2.24) is 15.5 Å². The highest BCUT2D eigenvalue weighted by molar-refractivity contribution is 5.91. The first-order chi connectivity index (χ1) is 21.0. The molecule has 0 aliphatic carbocycles. The van der Waals surface area contributed by atoms with Gasteiger partial charge in [-0.1, -0.05) is 54.6 Å². The third kappa shape index (κ3) is 5.97. The van der Waals surface area contributed by atoms with E-state index in [1.165, 1.54) is 4.90 Å². The molecule has 0 saturated carbocycles. The van der Waals surface area contributed by atoms with Crippen molar-refractivity contribution in [1.29, 1.82) is 0 Å². The van der Waals surface area contributed by atoms with Crippen LogP contribution in [0.3, 0.4) is 0 Å². The molecule has 3 aromatic rings. The zero-order valence-corrected chi connectivity index (χ0v) is 22.7. The maximum absolute atomic E-state index is 13.3. The molecule has 3 heterocycles. The van der Waals surface area contributed by atoms with Crippen LogP contribution in [-0.2, 0) is 18.9 Å². The minimum absolute atomic E-state index is 0.248. The fourth-order valence-corrected chi connectivity index (χ4v) is 4.96. The van der Waals surface area contributed by atoms with Crippen molar-refractivity contribution in [3.63, 3.8) is 0 Å². The molecule has 218 valence electrons. The van der Waals surface area contributed by atoms with E-state index in [2.05, 4.69) is 10.6 Å². The van der Waals surface area contributed by atoms with Crippen LogP contribution in [0.2, 0.25) is 0 Å². The molecule has 2 amide bonds. The highest BCUT2D eigenvalue weighted by Crippen LogP contribution is 2.33. The van der Waals surface area contributed by atoms with E-state index in [1.807, 2.05) is 0 Å². The fraction of sp³-hybridized carbons (Fsp3) is 0.188. The van der Waals surface area contributed by atoms with Crippen molar-refractivity contribution in [3.8, 4) is 0 Å². The van der Waals surface area contributed by atoms with Crippen LogP contribution < -0.4 is 10.6 Å². The summed E-state index contributed by atoms with van der Waals surface area (Å²) < 4.78 is 23.6. The first-order valence-corrected chi connectivity index (χ1v) is 13.6. The lowest BCUT2D eigenvalue weighted by atomic mass is 10.1. The summed E-state index contributed by atoms with van der Waals surface area (Å²) in [5.74, 6) is -2.05. The summed E-state index contributed by atoms with van der Waals surface area (Å²) in [7, 11) is 0. The van der Waals surface area contributed by atoms with Gasteiger partial charge in [-0.2, -0.15) is 0 Å². The van der Waals surface area contributed by atoms with Gasteiger partial charge in [0.25, 0.3) is 0 Å². The van der Waals surface area contributed by atoms with Gasteiger partial charge in [0.1, 0.15) is 18.9 Å². The molecule has 3 aliphatic heterocycles. The van der Waals surface area contributed by atoms with Gasteiger partial charge in [-0.3, -0.25) is 4.90 Å². The molecule has 0 spiro atoms. The van der Waals surface area contributed by atoms with Gasteiger partial charge in [0.05, 0.1) is 16.7 Å². The molecule has 11 nitrogen and oxygen atoms in total. The van der Waals surface area contributed by atoms with Crippen molar-refractivity contribution >= 4 is 23.9 Å². The molecule has 5 atom stereocenters. The van der Waals surface area contributed by atoms with Crippen LogP contribution in [0.5, 0.6) is 0 Å². The van der Waals surface area contributed by atoms with Crippen LogP contribution in [0.15, 0.2) is 115 Å². The third-order valence-electron chi connectivity index (χ3n) is 7.12. The number of fused-ring (bicyclic) bond motifs is 1. The molecule has 0 radical (unpaired) electrons. The third-order valence-corrected chi connectivity index (χ3v) is 7.12. The topological polar surface area (TPSA) is 133 Å². The molecule has 6 rings (SSSR count). The Morgan fingerprint density at radius 2 is 1.28 bits per heavy atom. The normalized spacial score (nSPS) is 23.8. The van der Waals surface area contributed by atoms with Crippen LogP contribution in [0.25, 0.3) is 0 Å². The number of rotatable bonds is 8. The summed E-state index contributed by atoms with van der Waals surface area (Å²) in [6.07, 6.45) is -0.257. The highest BCUT2D eigenvalue weighted by Gasteiger charge is 2.54. The Bertz CT molecular complexity index is 1560. The Morgan fingerprint density at radius 3 is 1.86 bits per heavy atom. The SMILES string of the molecule is O=C(OCC1OC(N2C=C3C=CNC3NC2=O)C(OC(=O)c2ccccc2)C1OC(=O)c1ccccc1)c1ccccc1. The summed E-state index contributed by atoms with van der Waals surface area (Å²) >= 11 is 0. The summed E-state index contributed by atoms with van der Waals surface area (Å²) in [4.78, 5) is 53.8. The maximum Gasteiger partial charge on any atom is 0.338 e. The number of esters is 3. The van der Waals surface area contributed by atoms with Crippen molar-refractivity contribution < 1.29 is 38.1 Å². The Balaban J connectivity index is 1.33. The summed E-state index contributed by atoms with van der Waals surface area (Å²) in [5, 5.41) is 5.83. The van der Waals surface area contributed by atoms with Crippen molar-refractivity contribution in [2.75, 3.05) is 6.61 Å². The van der Waals surface area contributed by atoms with E-state index in [0.717, 1.165) is 5.57 Å². The van der Waals surface area contributed by atoms with Gasteiger partial charge in [-0.15, -0.1) is 0 Å². The van der Waals surface area contributed by atoms with Crippen molar-refractivity contribution in [2.45, 2.75) is 30.7 Å². The van der Waals surface area contributed by atoms with E-state index in [4.69, 9.17) is 18.9 Å². The van der Waals surface area contributed by atoms with Gasteiger partial charge in [0, 0.05) is 11.8 Å². The number of nitrogens with one attached hydrogen (secondary N) is 2. The second-order valence-corrected chi connectivity index (χ2v) is 9.92. The smallest absolute Gasteiger partial charge is 0.338 e. The van der Waals surface area contributed by atoms with Crippen molar-refractivity contribution in [2.24, 2.45) is 0 Å². The molecule has 0 aromatic heterocycles. The predicted molar refractivity (Wildman–Crippen MR) is 151 cm³/mol. The minimum Gasteiger partial charge on any atom is -0.459 e. The monoisotopic (exact) mass is 581 g/mol. The molecule has 3 aliphatic rings. The van der Waals surface area contributed by atoms with Gasteiger partial charge in [-0.25, -0.2) is 19.2 Å². The number of carbonyl (C=O) groups is 4. The van der Waals surface area contributed by atoms with Crippen LogP contribution in [-0.4, -0.2) is 66.2 Å². The maximum atomic E-state index is 13.3. The molecule has 1 saturated heterocycles. The second-order valence-electron chi connectivity index (χ2n) is 9.92. The molecule has 2 N–H and O–H groups in total. The number of hydrogen-bond donors (Lipinski definition) is 2. The fourth-order valence-electron chi connectivity index (χ4n) is 4.96. The van der Waals surface area contributed by atoms with Crippen LogP contribution >= 0.6 is 0 Å². The average Bonchev–Trinajstić information content (AvgIpc) is 3.64. The number of ether oxygens (including phenoxy) is 4. The van der Waals surface area contributed by atoms with E-state index in [-0.39, 0.29) is 17.7 Å². The number of hydrogen-bond acceptors (Lipinski definition) is 9. The van der Waals surface area contributed by atoms with E-state index >= 15 is 0 Å². The summed E-state index contributed by atoms with van der Waals surface area (Å²) in [5.41, 5.74) is 1.54. The van der Waals surface area contributed by atoms with Gasteiger partial charge in [0.2, 0.25) is 0 Å². The van der Waals surface area contributed by atoms with Gasteiger partial charge in [-0.05, 0) is 48.7 Å². The largest absolute Gasteiger partial charge is 0.459 e. The molecular formula is C32H27N3O8. The Morgan fingerprint density at radius 1 is 0.744 bits per heavy atom. The lowest BCUT2D eigenvalue weighted by molar-refractivity contribution is -0.0737. The van der Waals surface area contributed by atoms with E-state index < -0.39 is 54.6 Å². The van der Waals surface area contributed by atoms with E-state index in [1.54, 1.807) is 109 Å². The second kappa shape index (κ2) is 12.2.